The van der Waals surface area contributed by atoms with E-state index < -0.39 is 0 Å². The number of benzene rings is 1. The first-order chi connectivity index (χ1) is 9.70. The Labute approximate surface area is 117 Å². The van der Waals surface area contributed by atoms with Crippen molar-refractivity contribution >= 4 is 0 Å². The van der Waals surface area contributed by atoms with E-state index >= 15 is 0 Å². The van der Waals surface area contributed by atoms with E-state index in [2.05, 4.69) is 19.8 Å². The second-order valence-electron chi connectivity index (χ2n) is 4.85. The molecule has 0 radical (unpaired) electrons. The summed E-state index contributed by atoms with van der Waals surface area (Å²) in [6.45, 7) is 1.56. The third-order valence-electron chi connectivity index (χ3n) is 3.15. The zero-order valence-corrected chi connectivity index (χ0v) is 11.2. The summed E-state index contributed by atoms with van der Waals surface area (Å²) in [4.78, 5) is 12.7. The Morgan fingerprint density at radius 2 is 2.10 bits per heavy atom. The van der Waals surface area contributed by atoms with E-state index in [9.17, 15) is 4.39 Å². The van der Waals surface area contributed by atoms with Crippen LogP contribution >= 0.6 is 0 Å². The fourth-order valence-corrected chi connectivity index (χ4v) is 2.19. The largest absolute Gasteiger partial charge is 0.362 e. The fourth-order valence-electron chi connectivity index (χ4n) is 2.19. The van der Waals surface area contributed by atoms with Crippen molar-refractivity contribution in [1.82, 2.24) is 19.8 Å². The molecule has 1 aromatic carbocycles. The summed E-state index contributed by atoms with van der Waals surface area (Å²) in [7, 11) is 2.02. The highest BCUT2D eigenvalue weighted by Crippen LogP contribution is 2.19. The van der Waals surface area contributed by atoms with Gasteiger partial charge < -0.3 is 9.80 Å². The van der Waals surface area contributed by atoms with Crippen LogP contribution in [0.15, 0.2) is 49.1 Å². The standard InChI is InChI=1S/C15H15FN4/c1-19-5-6-20(11-19)9-14-8-15(18-10-17-14)12-3-2-4-13(16)7-12/h2-8,10H,9,11H2,1H3. The lowest BCUT2D eigenvalue weighted by atomic mass is 10.1. The summed E-state index contributed by atoms with van der Waals surface area (Å²) < 4.78 is 13.3. The molecule has 20 heavy (non-hydrogen) atoms. The van der Waals surface area contributed by atoms with Gasteiger partial charge in [-0.1, -0.05) is 12.1 Å². The third-order valence-corrected chi connectivity index (χ3v) is 3.15. The molecule has 0 N–H and O–H groups in total. The molecule has 0 saturated carbocycles. The summed E-state index contributed by atoms with van der Waals surface area (Å²) >= 11 is 0. The van der Waals surface area contributed by atoms with Gasteiger partial charge in [0.15, 0.2) is 0 Å². The lowest BCUT2D eigenvalue weighted by Gasteiger charge is -2.17. The third kappa shape index (κ3) is 2.77. The predicted molar refractivity (Wildman–Crippen MR) is 74.7 cm³/mol. The van der Waals surface area contributed by atoms with Crippen LogP contribution in [0.5, 0.6) is 0 Å². The van der Waals surface area contributed by atoms with Crippen LogP contribution in [-0.4, -0.2) is 33.5 Å². The van der Waals surface area contributed by atoms with Crippen LogP contribution in [0.2, 0.25) is 0 Å². The Balaban J connectivity index is 1.81. The number of aromatic nitrogens is 2. The fraction of sp³-hybridized carbons (Fsp3) is 0.200. The Morgan fingerprint density at radius 1 is 1.20 bits per heavy atom. The molecule has 0 aliphatic carbocycles. The highest BCUT2D eigenvalue weighted by atomic mass is 19.1. The van der Waals surface area contributed by atoms with E-state index in [0.29, 0.717) is 6.54 Å². The molecule has 0 amide bonds. The number of halogens is 1. The Kier molecular flexibility index (Phi) is 3.33. The van der Waals surface area contributed by atoms with Gasteiger partial charge in [0.2, 0.25) is 0 Å². The van der Waals surface area contributed by atoms with Crippen molar-refractivity contribution in [2.24, 2.45) is 0 Å². The molecule has 2 heterocycles. The van der Waals surface area contributed by atoms with Crippen molar-refractivity contribution in [3.63, 3.8) is 0 Å². The number of hydrogen-bond acceptors (Lipinski definition) is 4. The second-order valence-corrected chi connectivity index (χ2v) is 4.85. The molecule has 5 heteroatoms. The first-order valence-corrected chi connectivity index (χ1v) is 6.40. The molecule has 1 aliphatic heterocycles. The summed E-state index contributed by atoms with van der Waals surface area (Å²) in [5.74, 6) is -0.258. The number of hydrogen-bond donors (Lipinski definition) is 0. The minimum absolute atomic E-state index is 0.258. The first kappa shape index (κ1) is 12.6. The number of rotatable bonds is 3. The van der Waals surface area contributed by atoms with Gasteiger partial charge in [-0.3, -0.25) is 0 Å². The van der Waals surface area contributed by atoms with E-state index in [0.717, 1.165) is 23.6 Å². The van der Waals surface area contributed by atoms with Crippen molar-refractivity contribution in [1.29, 1.82) is 0 Å². The van der Waals surface area contributed by atoms with Crippen LogP contribution in [0.3, 0.4) is 0 Å². The highest BCUT2D eigenvalue weighted by molar-refractivity contribution is 5.58. The van der Waals surface area contributed by atoms with Crippen molar-refractivity contribution in [2.75, 3.05) is 13.7 Å². The van der Waals surface area contributed by atoms with E-state index in [-0.39, 0.29) is 5.82 Å². The molecule has 102 valence electrons. The second kappa shape index (κ2) is 5.28. The smallest absolute Gasteiger partial charge is 0.123 e. The molecule has 0 saturated heterocycles. The Morgan fingerprint density at radius 3 is 2.85 bits per heavy atom. The average Bonchev–Trinajstić information content (AvgIpc) is 2.84. The highest BCUT2D eigenvalue weighted by Gasteiger charge is 2.10. The topological polar surface area (TPSA) is 32.3 Å². The predicted octanol–water partition coefficient (Wildman–Crippen LogP) is 2.46. The van der Waals surface area contributed by atoms with Crippen LogP contribution in [0.1, 0.15) is 5.69 Å². The van der Waals surface area contributed by atoms with Gasteiger partial charge in [0, 0.05) is 25.0 Å². The van der Waals surface area contributed by atoms with Gasteiger partial charge in [0.1, 0.15) is 12.1 Å². The van der Waals surface area contributed by atoms with Crippen molar-refractivity contribution in [2.45, 2.75) is 6.54 Å². The van der Waals surface area contributed by atoms with E-state index in [1.54, 1.807) is 6.07 Å². The summed E-state index contributed by atoms with van der Waals surface area (Å²) in [6.07, 6.45) is 5.58. The van der Waals surface area contributed by atoms with Crippen LogP contribution in [0.25, 0.3) is 11.3 Å². The van der Waals surface area contributed by atoms with Crippen LogP contribution in [-0.2, 0) is 6.54 Å². The summed E-state index contributed by atoms with van der Waals surface area (Å²) in [5.41, 5.74) is 2.42. The van der Waals surface area contributed by atoms with Gasteiger partial charge in [0.05, 0.1) is 24.6 Å². The van der Waals surface area contributed by atoms with Crippen molar-refractivity contribution in [3.05, 3.63) is 60.6 Å². The minimum Gasteiger partial charge on any atom is -0.362 e. The lowest BCUT2D eigenvalue weighted by molar-refractivity contribution is 0.288. The van der Waals surface area contributed by atoms with E-state index in [1.165, 1.54) is 18.5 Å². The average molecular weight is 270 g/mol. The molecule has 1 aliphatic rings. The van der Waals surface area contributed by atoms with Gasteiger partial charge in [-0.25, -0.2) is 14.4 Å². The molecular formula is C15H15FN4. The quantitative estimate of drug-likeness (QED) is 0.857. The van der Waals surface area contributed by atoms with E-state index in [4.69, 9.17) is 0 Å². The van der Waals surface area contributed by atoms with Crippen molar-refractivity contribution < 1.29 is 4.39 Å². The Bertz CT molecular complexity index is 641. The van der Waals surface area contributed by atoms with Gasteiger partial charge in [-0.05, 0) is 18.2 Å². The maximum atomic E-state index is 13.3. The Hall–Kier alpha value is -2.43. The van der Waals surface area contributed by atoms with Gasteiger partial charge >= 0.3 is 0 Å². The summed E-state index contributed by atoms with van der Waals surface area (Å²) in [5, 5.41) is 0. The SMILES string of the molecule is CN1C=CN(Cc2cc(-c3cccc(F)c3)ncn2)C1. The van der Waals surface area contributed by atoms with E-state index in [1.807, 2.05) is 31.6 Å². The minimum atomic E-state index is -0.258. The molecule has 3 rings (SSSR count). The molecule has 0 unspecified atom stereocenters. The van der Waals surface area contributed by atoms with Gasteiger partial charge in [-0.2, -0.15) is 0 Å². The van der Waals surface area contributed by atoms with Crippen LogP contribution in [0.4, 0.5) is 4.39 Å². The normalized spacial score (nSPS) is 14.1. The van der Waals surface area contributed by atoms with Crippen LogP contribution in [0, 0.1) is 5.82 Å². The molecule has 0 spiro atoms. The molecule has 0 bridgehead atoms. The molecule has 2 aromatic rings. The molecule has 0 fully saturated rings. The summed E-state index contributed by atoms with van der Waals surface area (Å²) in [6, 6.07) is 8.34. The number of nitrogens with zero attached hydrogens (tertiary/aromatic N) is 4. The molecular weight excluding hydrogens is 255 g/mol. The maximum absolute atomic E-state index is 13.3. The first-order valence-electron chi connectivity index (χ1n) is 6.40. The zero-order valence-electron chi connectivity index (χ0n) is 11.2. The molecule has 1 aromatic heterocycles. The van der Waals surface area contributed by atoms with Gasteiger partial charge in [-0.15, -0.1) is 0 Å². The zero-order chi connectivity index (χ0) is 13.9. The molecule has 0 atom stereocenters. The van der Waals surface area contributed by atoms with Crippen molar-refractivity contribution in [3.8, 4) is 11.3 Å². The monoisotopic (exact) mass is 270 g/mol. The molecule has 4 nitrogen and oxygen atoms in total. The van der Waals surface area contributed by atoms with Crippen LogP contribution < -0.4 is 0 Å². The maximum Gasteiger partial charge on any atom is 0.123 e. The lowest BCUT2D eigenvalue weighted by Crippen LogP contribution is -2.22. The van der Waals surface area contributed by atoms with Gasteiger partial charge in [0.25, 0.3) is 0 Å².